The van der Waals surface area contributed by atoms with Crippen LogP contribution in [-0.4, -0.2) is 40.9 Å². The Kier molecular flexibility index (Phi) is 6.36. The highest BCUT2D eigenvalue weighted by atomic mass is 16.5. The zero-order valence-electron chi connectivity index (χ0n) is 8.51. The number of nitrogens with two attached hydrogens (primary N) is 2. The number of rotatable bonds is 6. The van der Waals surface area contributed by atoms with Crippen molar-refractivity contribution in [2.24, 2.45) is 16.5 Å². The molecule has 0 radical (unpaired) electrons. The molecular weight excluding hydrogens is 218 g/mol. The van der Waals surface area contributed by atoms with Gasteiger partial charge < -0.3 is 21.9 Å². The van der Waals surface area contributed by atoms with Gasteiger partial charge in [0.25, 0.3) is 0 Å². The Labute approximate surface area is 91.5 Å². The van der Waals surface area contributed by atoms with Gasteiger partial charge in [-0.05, 0) is 12.8 Å². The topological polar surface area (TPSA) is 163 Å². The lowest BCUT2D eigenvalue weighted by Crippen LogP contribution is -2.45. The number of hydroxylamine groups is 1. The molecule has 8 N–H and O–H groups in total. The van der Waals surface area contributed by atoms with Crippen molar-refractivity contribution in [3.05, 3.63) is 0 Å². The van der Waals surface area contributed by atoms with Gasteiger partial charge in [0, 0.05) is 6.54 Å². The number of aliphatic imine (C=N–C) groups is 1. The smallest absolute Gasteiger partial charge is 0.339 e. The number of amides is 2. The minimum Gasteiger partial charge on any atom is -0.480 e. The van der Waals surface area contributed by atoms with Crippen LogP contribution in [0.25, 0.3) is 0 Å². The molecule has 0 rings (SSSR count). The van der Waals surface area contributed by atoms with E-state index in [9.17, 15) is 9.59 Å². The van der Waals surface area contributed by atoms with Crippen LogP contribution in [0.1, 0.15) is 12.8 Å². The largest absolute Gasteiger partial charge is 0.480 e. The highest BCUT2D eigenvalue weighted by molar-refractivity contribution is 5.81. The van der Waals surface area contributed by atoms with Crippen LogP contribution in [0.15, 0.2) is 4.99 Å². The molecule has 0 aliphatic heterocycles. The van der Waals surface area contributed by atoms with Crippen molar-refractivity contribution in [1.82, 2.24) is 10.8 Å². The molecule has 0 saturated carbocycles. The summed E-state index contributed by atoms with van der Waals surface area (Å²) in [5.41, 5.74) is 11.4. The SMILES string of the molecule is NC(N)=NCCC[C@H](NC(=O)NO)C(=O)O. The second-order valence-electron chi connectivity index (χ2n) is 2.92. The molecule has 2 amide bonds. The molecule has 92 valence electrons. The molecule has 0 aromatic heterocycles. The number of carboxylic acids is 1. The maximum Gasteiger partial charge on any atom is 0.339 e. The summed E-state index contributed by atoms with van der Waals surface area (Å²) in [6.45, 7) is 0.272. The summed E-state index contributed by atoms with van der Waals surface area (Å²) in [6, 6.07) is -2.07. The molecule has 16 heavy (non-hydrogen) atoms. The first-order valence-electron chi connectivity index (χ1n) is 4.46. The van der Waals surface area contributed by atoms with E-state index in [1.807, 2.05) is 5.32 Å². The zero-order valence-corrected chi connectivity index (χ0v) is 8.51. The summed E-state index contributed by atoms with van der Waals surface area (Å²) in [5.74, 6) is -1.28. The molecule has 9 nitrogen and oxygen atoms in total. The summed E-state index contributed by atoms with van der Waals surface area (Å²) < 4.78 is 0. The number of nitrogens with zero attached hydrogens (tertiary/aromatic N) is 1. The van der Waals surface area contributed by atoms with Crippen LogP contribution in [0.5, 0.6) is 0 Å². The molecular formula is C7H15N5O4. The summed E-state index contributed by atoms with van der Waals surface area (Å²) in [7, 11) is 0. The standard InChI is InChI=1S/C7H15N5O4/c8-6(9)10-3-1-2-4(5(13)14)11-7(15)12-16/h4,16H,1-3H2,(H,13,14)(H4,8,9,10)(H2,11,12,15)/t4-/m0/s1. The van der Waals surface area contributed by atoms with Gasteiger partial charge in [0.05, 0.1) is 0 Å². The van der Waals surface area contributed by atoms with Gasteiger partial charge in [-0.2, -0.15) is 0 Å². The maximum absolute atomic E-state index is 10.7. The third kappa shape index (κ3) is 6.43. The van der Waals surface area contributed by atoms with E-state index in [-0.39, 0.29) is 18.9 Å². The Hall–Kier alpha value is -2.03. The van der Waals surface area contributed by atoms with Crippen molar-refractivity contribution in [3.63, 3.8) is 0 Å². The van der Waals surface area contributed by atoms with Crippen molar-refractivity contribution in [2.75, 3.05) is 6.54 Å². The molecule has 0 aromatic rings. The van der Waals surface area contributed by atoms with Crippen molar-refractivity contribution in [2.45, 2.75) is 18.9 Å². The van der Waals surface area contributed by atoms with Gasteiger partial charge in [0.2, 0.25) is 0 Å². The summed E-state index contributed by atoms with van der Waals surface area (Å²) in [6.07, 6.45) is 0.542. The first-order chi connectivity index (χ1) is 7.47. The quantitative estimate of drug-likeness (QED) is 0.104. The predicted octanol–water partition coefficient (Wildman–Crippen LogP) is -1.82. The second-order valence-corrected chi connectivity index (χ2v) is 2.92. The molecule has 0 aliphatic carbocycles. The normalized spacial score (nSPS) is 11.3. The van der Waals surface area contributed by atoms with Gasteiger partial charge in [-0.15, -0.1) is 0 Å². The van der Waals surface area contributed by atoms with Gasteiger partial charge in [-0.3, -0.25) is 10.2 Å². The Morgan fingerprint density at radius 1 is 1.38 bits per heavy atom. The lowest BCUT2D eigenvalue weighted by Gasteiger charge is -2.12. The molecule has 0 heterocycles. The maximum atomic E-state index is 10.7. The number of urea groups is 1. The molecule has 0 spiro atoms. The highest BCUT2D eigenvalue weighted by Gasteiger charge is 2.18. The third-order valence-corrected chi connectivity index (χ3v) is 1.65. The minimum absolute atomic E-state index is 0.0760. The second kappa shape index (κ2) is 7.29. The number of guanidine groups is 1. The van der Waals surface area contributed by atoms with Gasteiger partial charge in [-0.1, -0.05) is 0 Å². The van der Waals surface area contributed by atoms with E-state index in [2.05, 4.69) is 4.99 Å². The van der Waals surface area contributed by atoms with Crippen molar-refractivity contribution >= 4 is 18.0 Å². The number of carbonyl (C=O) groups excluding carboxylic acids is 1. The predicted molar refractivity (Wildman–Crippen MR) is 54.8 cm³/mol. The summed E-state index contributed by atoms with van der Waals surface area (Å²) in [5, 5.41) is 19.0. The fourth-order valence-electron chi connectivity index (χ4n) is 0.951. The number of hydrogen-bond donors (Lipinski definition) is 6. The van der Waals surface area contributed by atoms with Crippen molar-refractivity contribution in [3.8, 4) is 0 Å². The van der Waals surface area contributed by atoms with E-state index in [4.69, 9.17) is 21.8 Å². The van der Waals surface area contributed by atoms with Crippen LogP contribution in [0.2, 0.25) is 0 Å². The average molecular weight is 233 g/mol. The molecule has 0 aliphatic rings. The van der Waals surface area contributed by atoms with Crippen LogP contribution in [0.4, 0.5) is 4.79 Å². The summed E-state index contributed by atoms with van der Waals surface area (Å²) >= 11 is 0. The van der Waals surface area contributed by atoms with E-state index in [1.54, 1.807) is 0 Å². The molecule has 9 heteroatoms. The molecule has 0 saturated heterocycles. The van der Waals surface area contributed by atoms with Gasteiger partial charge in [-0.25, -0.2) is 15.1 Å². The van der Waals surface area contributed by atoms with Gasteiger partial charge >= 0.3 is 12.0 Å². The average Bonchev–Trinajstić information content (AvgIpc) is 2.21. The van der Waals surface area contributed by atoms with Crippen LogP contribution in [-0.2, 0) is 4.79 Å². The van der Waals surface area contributed by atoms with Gasteiger partial charge in [0.1, 0.15) is 6.04 Å². The van der Waals surface area contributed by atoms with E-state index < -0.39 is 18.0 Å². The molecule has 0 fully saturated rings. The third-order valence-electron chi connectivity index (χ3n) is 1.65. The Bertz CT molecular complexity index is 276. The minimum atomic E-state index is -1.20. The fraction of sp³-hybridized carbons (Fsp3) is 0.571. The lowest BCUT2D eigenvalue weighted by molar-refractivity contribution is -0.139. The van der Waals surface area contributed by atoms with Crippen molar-refractivity contribution in [1.29, 1.82) is 0 Å². The first kappa shape index (κ1) is 14.0. The number of aliphatic carboxylic acids is 1. The van der Waals surface area contributed by atoms with Crippen molar-refractivity contribution < 1.29 is 19.9 Å². The lowest BCUT2D eigenvalue weighted by atomic mass is 10.1. The van der Waals surface area contributed by atoms with E-state index in [0.29, 0.717) is 6.42 Å². The Morgan fingerprint density at radius 3 is 2.44 bits per heavy atom. The fourth-order valence-corrected chi connectivity index (χ4v) is 0.951. The van der Waals surface area contributed by atoms with Crippen LogP contribution in [0.3, 0.4) is 0 Å². The number of hydrogen-bond acceptors (Lipinski definition) is 4. The van der Waals surface area contributed by atoms with Crippen LogP contribution >= 0.6 is 0 Å². The Morgan fingerprint density at radius 2 is 2.00 bits per heavy atom. The monoisotopic (exact) mass is 233 g/mol. The number of carbonyl (C=O) groups is 2. The molecule has 0 unspecified atom stereocenters. The van der Waals surface area contributed by atoms with Crippen LogP contribution < -0.4 is 22.3 Å². The molecule has 0 bridgehead atoms. The molecule has 0 aromatic carbocycles. The summed E-state index contributed by atoms with van der Waals surface area (Å²) in [4.78, 5) is 25.0. The molecule has 1 atom stereocenters. The van der Waals surface area contributed by atoms with E-state index in [0.717, 1.165) is 0 Å². The first-order valence-corrected chi connectivity index (χ1v) is 4.46. The number of nitrogens with one attached hydrogen (secondary N) is 2. The van der Waals surface area contributed by atoms with Crippen LogP contribution in [0, 0.1) is 0 Å². The van der Waals surface area contributed by atoms with E-state index in [1.165, 1.54) is 5.48 Å². The zero-order chi connectivity index (χ0) is 12.6. The highest BCUT2D eigenvalue weighted by Crippen LogP contribution is 1.98. The van der Waals surface area contributed by atoms with Gasteiger partial charge in [0.15, 0.2) is 5.96 Å². The van der Waals surface area contributed by atoms with E-state index >= 15 is 0 Å². The number of carboxylic acid groups (broad SMARTS) is 1. The Balaban J connectivity index is 4.00.